The molecule has 1 aliphatic heterocycles. The molecule has 3 rings (SSSR count). The van der Waals surface area contributed by atoms with E-state index in [-0.39, 0.29) is 6.54 Å². The van der Waals surface area contributed by atoms with E-state index in [1.807, 2.05) is 48.7 Å². The molecule has 0 aliphatic carbocycles. The van der Waals surface area contributed by atoms with Gasteiger partial charge in [0.05, 0.1) is 4.91 Å². The van der Waals surface area contributed by atoms with Crippen molar-refractivity contribution in [3.8, 4) is 0 Å². The van der Waals surface area contributed by atoms with Crippen molar-refractivity contribution in [2.24, 2.45) is 0 Å². The van der Waals surface area contributed by atoms with Crippen LogP contribution in [-0.4, -0.2) is 34.8 Å². The third-order valence-corrected chi connectivity index (χ3v) is 5.86. The number of carbonyl (C=O) groups is 3. The fraction of sp³-hybridized carbons (Fsp3) is 0.105. The molecule has 1 heterocycles. The normalized spacial score (nSPS) is 15.5. The lowest BCUT2D eigenvalue weighted by Crippen LogP contribution is -2.36. The number of rotatable bonds is 5. The largest absolute Gasteiger partial charge is 0.324 e. The number of halogens is 1. The molecular formula is C19H15BrN2O3S2. The zero-order chi connectivity index (χ0) is 19.4. The van der Waals surface area contributed by atoms with Gasteiger partial charge in [0.1, 0.15) is 6.54 Å². The Labute approximate surface area is 173 Å². The van der Waals surface area contributed by atoms with Gasteiger partial charge in [0.2, 0.25) is 5.91 Å². The molecule has 0 unspecified atom stereocenters. The number of benzene rings is 2. The summed E-state index contributed by atoms with van der Waals surface area (Å²) in [5.41, 5.74) is 1.44. The lowest BCUT2D eigenvalue weighted by molar-refractivity contribution is -0.127. The number of hydrogen-bond acceptors (Lipinski definition) is 5. The predicted octanol–water partition coefficient (Wildman–Crippen LogP) is 4.85. The highest BCUT2D eigenvalue weighted by atomic mass is 79.9. The molecule has 3 amide bonds. The minimum atomic E-state index is -0.457. The Balaban J connectivity index is 1.68. The molecule has 0 spiro atoms. The maximum atomic E-state index is 12.5. The van der Waals surface area contributed by atoms with E-state index in [4.69, 9.17) is 0 Å². The van der Waals surface area contributed by atoms with Crippen LogP contribution in [0.15, 0.2) is 62.8 Å². The summed E-state index contributed by atoms with van der Waals surface area (Å²) in [7, 11) is 0. The van der Waals surface area contributed by atoms with Gasteiger partial charge in [-0.05, 0) is 60.0 Å². The van der Waals surface area contributed by atoms with Crippen molar-refractivity contribution < 1.29 is 14.4 Å². The van der Waals surface area contributed by atoms with Gasteiger partial charge in [0.15, 0.2) is 0 Å². The second kappa shape index (κ2) is 8.77. The van der Waals surface area contributed by atoms with Crippen LogP contribution in [0.2, 0.25) is 0 Å². The third kappa shape index (κ3) is 5.03. The van der Waals surface area contributed by atoms with Crippen molar-refractivity contribution >= 4 is 68.3 Å². The molecule has 0 aromatic heterocycles. The average molecular weight is 463 g/mol. The first kappa shape index (κ1) is 19.7. The molecule has 8 heteroatoms. The molecule has 1 fully saturated rings. The summed E-state index contributed by atoms with van der Waals surface area (Å²) < 4.78 is 0.926. The lowest BCUT2D eigenvalue weighted by atomic mass is 10.2. The van der Waals surface area contributed by atoms with E-state index in [0.717, 1.165) is 31.6 Å². The van der Waals surface area contributed by atoms with Gasteiger partial charge in [0, 0.05) is 15.1 Å². The first-order valence-electron chi connectivity index (χ1n) is 7.91. The Bertz CT molecular complexity index is 929. The number of amides is 3. The van der Waals surface area contributed by atoms with Gasteiger partial charge in [-0.2, -0.15) is 0 Å². The number of imide groups is 1. The Morgan fingerprint density at radius 2 is 1.96 bits per heavy atom. The van der Waals surface area contributed by atoms with Crippen LogP contribution < -0.4 is 5.32 Å². The second-order valence-electron chi connectivity index (χ2n) is 5.60. The van der Waals surface area contributed by atoms with E-state index < -0.39 is 17.1 Å². The minimum Gasteiger partial charge on any atom is -0.324 e. The van der Waals surface area contributed by atoms with Crippen molar-refractivity contribution in [2.45, 2.75) is 4.90 Å². The van der Waals surface area contributed by atoms with Gasteiger partial charge >= 0.3 is 0 Å². The Kier molecular flexibility index (Phi) is 6.41. The highest BCUT2D eigenvalue weighted by Gasteiger charge is 2.36. The molecular weight excluding hydrogens is 448 g/mol. The van der Waals surface area contributed by atoms with Crippen LogP contribution in [-0.2, 0) is 9.59 Å². The summed E-state index contributed by atoms with van der Waals surface area (Å²) in [5.74, 6) is -0.874. The first-order chi connectivity index (χ1) is 13.0. The summed E-state index contributed by atoms with van der Waals surface area (Å²) in [6, 6.07) is 14.8. The average Bonchev–Trinajstić information content (AvgIpc) is 2.91. The molecule has 1 aliphatic rings. The van der Waals surface area contributed by atoms with Crippen LogP contribution in [0.5, 0.6) is 0 Å². The van der Waals surface area contributed by atoms with E-state index in [1.165, 1.54) is 0 Å². The topological polar surface area (TPSA) is 66.5 Å². The molecule has 27 heavy (non-hydrogen) atoms. The fourth-order valence-corrected chi connectivity index (χ4v) is 3.95. The van der Waals surface area contributed by atoms with E-state index >= 15 is 0 Å². The lowest BCUT2D eigenvalue weighted by Gasteiger charge is -2.12. The second-order valence-corrected chi connectivity index (χ2v) is 8.39. The van der Waals surface area contributed by atoms with Crippen molar-refractivity contribution in [3.05, 3.63) is 63.5 Å². The molecule has 138 valence electrons. The van der Waals surface area contributed by atoms with E-state index in [9.17, 15) is 14.4 Å². The van der Waals surface area contributed by atoms with E-state index in [0.29, 0.717) is 10.6 Å². The van der Waals surface area contributed by atoms with Crippen LogP contribution in [0.25, 0.3) is 6.08 Å². The van der Waals surface area contributed by atoms with Crippen LogP contribution in [0, 0.1) is 0 Å². The molecule has 0 bridgehead atoms. The summed E-state index contributed by atoms with van der Waals surface area (Å²) in [5, 5.41) is 2.28. The van der Waals surface area contributed by atoms with Crippen LogP contribution in [0.4, 0.5) is 10.5 Å². The van der Waals surface area contributed by atoms with Crippen LogP contribution in [0.3, 0.4) is 0 Å². The monoisotopic (exact) mass is 462 g/mol. The van der Waals surface area contributed by atoms with Gasteiger partial charge in [-0.15, -0.1) is 11.8 Å². The first-order valence-corrected chi connectivity index (χ1v) is 10.7. The van der Waals surface area contributed by atoms with Crippen molar-refractivity contribution in [3.63, 3.8) is 0 Å². The number of nitrogens with zero attached hydrogens (tertiary/aromatic N) is 1. The van der Waals surface area contributed by atoms with Gasteiger partial charge in [-0.3, -0.25) is 19.3 Å². The number of anilines is 1. The number of carbonyl (C=O) groups excluding carboxylic acids is 3. The summed E-state index contributed by atoms with van der Waals surface area (Å²) >= 11 is 5.75. The van der Waals surface area contributed by atoms with Crippen molar-refractivity contribution in [1.29, 1.82) is 0 Å². The maximum absolute atomic E-state index is 12.5. The molecule has 0 saturated carbocycles. The van der Waals surface area contributed by atoms with Crippen molar-refractivity contribution in [2.75, 3.05) is 18.1 Å². The molecule has 2 aromatic rings. The van der Waals surface area contributed by atoms with Gasteiger partial charge < -0.3 is 5.32 Å². The summed E-state index contributed by atoms with van der Waals surface area (Å²) in [6.07, 6.45) is 3.59. The Morgan fingerprint density at radius 1 is 1.22 bits per heavy atom. The zero-order valence-corrected chi connectivity index (χ0v) is 17.5. The number of hydrogen-bond donors (Lipinski definition) is 1. The molecule has 2 aromatic carbocycles. The zero-order valence-electron chi connectivity index (χ0n) is 14.3. The highest BCUT2D eigenvalue weighted by molar-refractivity contribution is 9.10. The fourth-order valence-electron chi connectivity index (χ4n) is 2.39. The van der Waals surface area contributed by atoms with Crippen molar-refractivity contribution in [1.82, 2.24) is 4.90 Å². The Hall–Kier alpha value is -2.03. The maximum Gasteiger partial charge on any atom is 0.294 e. The number of thioether (sulfide) groups is 2. The molecule has 0 atom stereocenters. The Morgan fingerprint density at radius 3 is 2.67 bits per heavy atom. The van der Waals surface area contributed by atoms with Crippen LogP contribution >= 0.6 is 39.5 Å². The summed E-state index contributed by atoms with van der Waals surface area (Å²) in [4.78, 5) is 39.2. The smallest absolute Gasteiger partial charge is 0.294 e. The predicted molar refractivity (Wildman–Crippen MR) is 114 cm³/mol. The summed E-state index contributed by atoms with van der Waals surface area (Å²) in [6.45, 7) is -0.314. The van der Waals surface area contributed by atoms with E-state index in [2.05, 4.69) is 21.2 Å². The quantitative estimate of drug-likeness (QED) is 0.508. The SMILES string of the molecule is CSc1cccc(NC(=O)CN2C(=O)S/C(=C/c3ccc(Br)cc3)C2=O)c1. The number of nitrogens with one attached hydrogen (secondary N) is 1. The minimum absolute atomic E-state index is 0.305. The molecule has 1 N–H and O–H groups in total. The molecule has 0 radical (unpaired) electrons. The van der Waals surface area contributed by atoms with Crippen LogP contribution in [0.1, 0.15) is 5.56 Å². The van der Waals surface area contributed by atoms with Gasteiger partial charge in [-0.25, -0.2) is 0 Å². The molecule has 1 saturated heterocycles. The van der Waals surface area contributed by atoms with E-state index in [1.54, 1.807) is 23.9 Å². The van der Waals surface area contributed by atoms with Gasteiger partial charge in [-0.1, -0.05) is 34.1 Å². The van der Waals surface area contributed by atoms with Gasteiger partial charge in [0.25, 0.3) is 11.1 Å². The third-order valence-electron chi connectivity index (χ3n) is 3.70. The molecule has 5 nitrogen and oxygen atoms in total. The highest BCUT2D eigenvalue weighted by Crippen LogP contribution is 2.32. The standard InChI is InChI=1S/C19H15BrN2O3S2/c1-26-15-4-2-3-14(10-15)21-17(23)11-22-18(24)16(27-19(22)25)9-12-5-7-13(20)8-6-12/h2-10H,11H2,1H3,(H,21,23)/b16-9+.